The van der Waals surface area contributed by atoms with Crippen molar-refractivity contribution in [3.63, 3.8) is 0 Å². The highest BCUT2D eigenvalue weighted by atomic mass is 35.5. The van der Waals surface area contributed by atoms with E-state index in [-0.39, 0.29) is 24.0 Å². The van der Waals surface area contributed by atoms with Gasteiger partial charge in [-0.25, -0.2) is 0 Å². The van der Waals surface area contributed by atoms with Crippen molar-refractivity contribution in [2.24, 2.45) is 0 Å². The molecule has 2 atom stereocenters. The molecule has 6 heteroatoms. The number of carbonyl (C=O) groups is 2. The van der Waals surface area contributed by atoms with Crippen molar-refractivity contribution in [1.29, 1.82) is 0 Å². The van der Waals surface area contributed by atoms with Gasteiger partial charge in [-0.15, -0.1) is 0 Å². The van der Waals surface area contributed by atoms with Crippen LogP contribution >= 0.6 is 11.6 Å². The standard InChI is InChI=1S/C27H22ClNO4/c1-16-13-20-14-19(9-12-22(20)33-16)25(30)23-24(18-7-10-21(28)11-8-18)29(27(32)26(23)31)15-17-5-3-2-4-6-17/h2-12,14,16,24,30H,13,15H2,1H3/t16-,24-/m0/s1. The summed E-state index contributed by atoms with van der Waals surface area (Å²) in [5.74, 6) is -0.754. The third-order valence-electron chi connectivity index (χ3n) is 6.09. The molecule has 0 radical (unpaired) electrons. The molecule has 3 aromatic carbocycles. The van der Waals surface area contributed by atoms with Crippen LogP contribution in [0, 0.1) is 0 Å². The van der Waals surface area contributed by atoms with Crippen LogP contribution in [0.2, 0.25) is 5.02 Å². The fraction of sp³-hybridized carbons (Fsp3) is 0.185. The zero-order chi connectivity index (χ0) is 23.1. The lowest BCUT2D eigenvalue weighted by atomic mass is 9.94. The Kier molecular flexibility index (Phi) is 5.43. The van der Waals surface area contributed by atoms with E-state index < -0.39 is 17.7 Å². The minimum Gasteiger partial charge on any atom is -0.507 e. The summed E-state index contributed by atoms with van der Waals surface area (Å²) in [7, 11) is 0. The molecular formula is C27H22ClNO4. The van der Waals surface area contributed by atoms with Crippen LogP contribution < -0.4 is 4.74 Å². The molecular weight excluding hydrogens is 438 g/mol. The van der Waals surface area contributed by atoms with Gasteiger partial charge in [0.05, 0.1) is 11.6 Å². The summed E-state index contributed by atoms with van der Waals surface area (Å²) in [4.78, 5) is 27.8. The van der Waals surface area contributed by atoms with Crippen molar-refractivity contribution in [3.8, 4) is 5.75 Å². The first-order valence-electron chi connectivity index (χ1n) is 10.8. The Morgan fingerprint density at radius 2 is 1.79 bits per heavy atom. The minimum atomic E-state index is -0.731. The first-order chi connectivity index (χ1) is 15.9. The number of hydrogen-bond acceptors (Lipinski definition) is 4. The lowest BCUT2D eigenvalue weighted by Gasteiger charge is -2.25. The molecule has 166 valence electrons. The van der Waals surface area contributed by atoms with Gasteiger partial charge in [0.1, 0.15) is 17.6 Å². The maximum Gasteiger partial charge on any atom is 0.295 e. The number of Topliss-reactive ketones (excluding diaryl/α,β-unsaturated/α-hetero) is 1. The number of amides is 1. The van der Waals surface area contributed by atoms with E-state index in [1.807, 2.05) is 43.3 Å². The first kappa shape index (κ1) is 21.3. The number of ketones is 1. The van der Waals surface area contributed by atoms with E-state index in [1.165, 1.54) is 4.90 Å². The Hall–Kier alpha value is -3.57. The molecule has 0 bridgehead atoms. The van der Waals surface area contributed by atoms with Crippen LogP contribution in [0.4, 0.5) is 0 Å². The van der Waals surface area contributed by atoms with Gasteiger partial charge in [-0.3, -0.25) is 9.59 Å². The van der Waals surface area contributed by atoms with Gasteiger partial charge in [0.15, 0.2) is 0 Å². The van der Waals surface area contributed by atoms with Crippen LogP contribution in [0.15, 0.2) is 78.4 Å². The molecule has 0 spiro atoms. The molecule has 1 fully saturated rings. The number of aliphatic hydroxyl groups is 1. The smallest absolute Gasteiger partial charge is 0.295 e. The zero-order valence-corrected chi connectivity index (χ0v) is 18.8. The monoisotopic (exact) mass is 459 g/mol. The molecule has 1 amide bonds. The Morgan fingerprint density at radius 1 is 1.06 bits per heavy atom. The summed E-state index contributed by atoms with van der Waals surface area (Å²) in [5.41, 5.74) is 3.12. The van der Waals surface area contributed by atoms with Crippen LogP contribution in [0.3, 0.4) is 0 Å². The largest absolute Gasteiger partial charge is 0.507 e. The van der Waals surface area contributed by atoms with Gasteiger partial charge in [0.2, 0.25) is 0 Å². The van der Waals surface area contributed by atoms with E-state index in [0.29, 0.717) is 16.1 Å². The number of benzene rings is 3. The second-order valence-electron chi connectivity index (χ2n) is 8.42. The number of ether oxygens (including phenoxy) is 1. The number of hydrogen-bond donors (Lipinski definition) is 1. The van der Waals surface area contributed by atoms with Crippen LogP contribution in [-0.4, -0.2) is 27.8 Å². The van der Waals surface area contributed by atoms with Crippen molar-refractivity contribution in [2.45, 2.75) is 32.0 Å². The molecule has 33 heavy (non-hydrogen) atoms. The Labute approximate surface area is 196 Å². The highest BCUT2D eigenvalue weighted by molar-refractivity contribution is 6.46. The van der Waals surface area contributed by atoms with E-state index >= 15 is 0 Å². The quantitative estimate of drug-likeness (QED) is 0.327. The molecule has 3 aromatic rings. The average molecular weight is 460 g/mol. The number of likely N-dealkylation sites (tertiary alicyclic amines) is 1. The van der Waals surface area contributed by atoms with Gasteiger partial charge in [0, 0.05) is 23.6 Å². The average Bonchev–Trinajstić information content (AvgIpc) is 3.31. The molecule has 2 aliphatic rings. The number of rotatable bonds is 4. The van der Waals surface area contributed by atoms with Crippen LogP contribution in [0.5, 0.6) is 5.75 Å². The van der Waals surface area contributed by atoms with Gasteiger partial charge in [-0.05, 0) is 53.9 Å². The van der Waals surface area contributed by atoms with Gasteiger partial charge < -0.3 is 14.7 Å². The molecule has 5 nitrogen and oxygen atoms in total. The zero-order valence-electron chi connectivity index (χ0n) is 18.0. The van der Waals surface area contributed by atoms with Gasteiger partial charge in [0.25, 0.3) is 11.7 Å². The van der Waals surface area contributed by atoms with Crippen molar-refractivity contribution < 1.29 is 19.4 Å². The normalized spacial score (nSPS) is 21.2. The van der Waals surface area contributed by atoms with Gasteiger partial charge in [-0.1, -0.05) is 54.1 Å². The summed E-state index contributed by atoms with van der Waals surface area (Å²) in [6, 6.07) is 21.1. The molecule has 5 rings (SSSR count). The lowest BCUT2D eigenvalue weighted by Crippen LogP contribution is -2.29. The number of halogens is 1. The van der Waals surface area contributed by atoms with Crippen LogP contribution in [-0.2, 0) is 22.6 Å². The molecule has 1 saturated heterocycles. The molecule has 2 aliphatic heterocycles. The van der Waals surface area contributed by atoms with Gasteiger partial charge in [-0.2, -0.15) is 0 Å². The number of carbonyl (C=O) groups excluding carboxylic acids is 2. The SMILES string of the molecule is C[C@H]1Cc2cc(C(O)=C3C(=O)C(=O)N(Cc4ccccc4)[C@H]3c3ccc(Cl)cc3)ccc2O1. The minimum absolute atomic E-state index is 0.0583. The molecule has 0 aliphatic carbocycles. The van der Waals surface area contributed by atoms with E-state index in [0.717, 1.165) is 23.3 Å². The fourth-order valence-corrected chi connectivity index (χ4v) is 4.67. The van der Waals surface area contributed by atoms with E-state index in [1.54, 1.807) is 36.4 Å². The number of nitrogens with zero attached hydrogens (tertiary/aromatic N) is 1. The van der Waals surface area contributed by atoms with Crippen molar-refractivity contribution >= 4 is 29.1 Å². The Balaban J connectivity index is 1.62. The highest BCUT2D eigenvalue weighted by Gasteiger charge is 2.46. The van der Waals surface area contributed by atoms with Crippen LogP contribution in [0.25, 0.3) is 5.76 Å². The second-order valence-corrected chi connectivity index (χ2v) is 8.86. The molecule has 1 N–H and O–H groups in total. The maximum atomic E-state index is 13.2. The number of aliphatic hydroxyl groups excluding tert-OH is 1. The summed E-state index contributed by atoms with van der Waals surface area (Å²) in [6.45, 7) is 2.22. The van der Waals surface area contributed by atoms with Gasteiger partial charge >= 0.3 is 0 Å². The predicted molar refractivity (Wildman–Crippen MR) is 126 cm³/mol. The van der Waals surface area contributed by atoms with Crippen molar-refractivity contribution in [1.82, 2.24) is 4.90 Å². The highest BCUT2D eigenvalue weighted by Crippen LogP contribution is 2.41. The van der Waals surface area contributed by atoms with E-state index in [2.05, 4.69) is 0 Å². The third-order valence-corrected chi connectivity index (χ3v) is 6.34. The maximum absolute atomic E-state index is 13.2. The fourth-order valence-electron chi connectivity index (χ4n) is 4.54. The summed E-state index contributed by atoms with van der Waals surface area (Å²) >= 11 is 6.08. The Bertz CT molecular complexity index is 1270. The topological polar surface area (TPSA) is 66.8 Å². The van der Waals surface area contributed by atoms with Crippen molar-refractivity contribution in [2.75, 3.05) is 0 Å². The lowest BCUT2D eigenvalue weighted by molar-refractivity contribution is -0.140. The number of fused-ring (bicyclic) bond motifs is 1. The molecule has 2 heterocycles. The predicted octanol–water partition coefficient (Wildman–Crippen LogP) is 5.29. The Morgan fingerprint density at radius 3 is 2.52 bits per heavy atom. The first-order valence-corrected chi connectivity index (χ1v) is 11.2. The molecule has 0 saturated carbocycles. The molecule has 0 unspecified atom stereocenters. The summed E-state index contributed by atoms with van der Waals surface area (Å²) in [6.07, 6.45) is 0.780. The van der Waals surface area contributed by atoms with Crippen molar-refractivity contribution in [3.05, 3.63) is 106 Å². The third kappa shape index (κ3) is 3.89. The summed E-state index contributed by atoms with van der Waals surface area (Å²) in [5, 5.41) is 11.8. The van der Waals surface area contributed by atoms with Crippen LogP contribution in [0.1, 0.15) is 35.2 Å². The second kappa shape index (κ2) is 8.41. The molecule has 0 aromatic heterocycles. The van der Waals surface area contributed by atoms with E-state index in [9.17, 15) is 14.7 Å². The summed E-state index contributed by atoms with van der Waals surface area (Å²) < 4.78 is 5.75. The van der Waals surface area contributed by atoms with E-state index in [4.69, 9.17) is 16.3 Å².